The van der Waals surface area contributed by atoms with Crippen LogP contribution in [0.4, 0.5) is 10.1 Å². The van der Waals surface area contributed by atoms with Crippen LogP contribution in [0.1, 0.15) is 35.2 Å². The quantitative estimate of drug-likeness (QED) is 0.479. The van der Waals surface area contributed by atoms with Crippen molar-refractivity contribution in [1.82, 2.24) is 5.32 Å². The van der Waals surface area contributed by atoms with Crippen LogP contribution in [0, 0.1) is 26.6 Å². The van der Waals surface area contributed by atoms with Gasteiger partial charge in [-0.15, -0.1) is 0 Å². The van der Waals surface area contributed by atoms with Crippen molar-refractivity contribution in [3.63, 3.8) is 0 Å². The molecule has 0 bridgehead atoms. The third kappa shape index (κ3) is 5.54. The molecule has 3 rings (SSSR count). The molecule has 0 aliphatic carbocycles. The Hall–Kier alpha value is -2.90. The molecule has 0 saturated heterocycles. The molecule has 0 aromatic heterocycles. The second-order valence-electron chi connectivity index (χ2n) is 8.01. The molecule has 174 valence electrons. The maximum absolute atomic E-state index is 13.7. The summed E-state index contributed by atoms with van der Waals surface area (Å²) in [6.07, 6.45) is 0. The molecule has 0 unspecified atom stereocenters. The molecule has 1 N–H and O–H groups in total. The van der Waals surface area contributed by atoms with Crippen LogP contribution in [-0.4, -0.2) is 20.9 Å². The smallest absolute Gasteiger partial charge is 0.264 e. The number of halogens is 2. The van der Waals surface area contributed by atoms with Gasteiger partial charge in [-0.3, -0.25) is 9.10 Å². The zero-order chi connectivity index (χ0) is 24.3. The van der Waals surface area contributed by atoms with Gasteiger partial charge in [-0.1, -0.05) is 41.9 Å². The number of carbonyl (C=O) groups is 1. The average molecular weight is 489 g/mol. The van der Waals surface area contributed by atoms with Gasteiger partial charge in [0, 0.05) is 0 Å². The number of nitrogens with one attached hydrogen (secondary N) is 1. The van der Waals surface area contributed by atoms with Crippen LogP contribution >= 0.6 is 11.6 Å². The molecule has 0 aliphatic heterocycles. The molecule has 0 radical (unpaired) electrons. The first-order chi connectivity index (χ1) is 15.5. The molecule has 5 nitrogen and oxygen atoms in total. The van der Waals surface area contributed by atoms with Crippen LogP contribution in [0.3, 0.4) is 0 Å². The molecule has 0 aliphatic rings. The number of carbonyl (C=O) groups excluding carboxylic acids is 1. The van der Waals surface area contributed by atoms with Crippen molar-refractivity contribution in [2.45, 2.75) is 38.6 Å². The molecule has 0 spiro atoms. The molecule has 0 fully saturated rings. The molecule has 0 saturated carbocycles. The second kappa shape index (κ2) is 9.93. The van der Waals surface area contributed by atoms with E-state index in [1.165, 1.54) is 24.3 Å². The van der Waals surface area contributed by atoms with Crippen LogP contribution in [0.25, 0.3) is 0 Å². The highest BCUT2D eigenvalue weighted by Crippen LogP contribution is 2.28. The van der Waals surface area contributed by atoms with Crippen molar-refractivity contribution in [2.75, 3.05) is 10.8 Å². The van der Waals surface area contributed by atoms with Gasteiger partial charge in [0.1, 0.15) is 12.4 Å². The van der Waals surface area contributed by atoms with Crippen molar-refractivity contribution in [3.05, 3.63) is 93.8 Å². The Balaban J connectivity index is 1.92. The van der Waals surface area contributed by atoms with Crippen molar-refractivity contribution in [3.8, 4) is 0 Å². The van der Waals surface area contributed by atoms with E-state index in [1.807, 2.05) is 33.8 Å². The summed E-state index contributed by atoms with van der Waals surface area (Å²) in [6, 6.07) is 15.0. The van der Waals surface area contributed by atoms with Gasteiger partial charge < -0.3 is 5.32 Å². The highest BCUT2D eigenvalue weighted by Gasteiger charge is 2.28. The number of amides is 1. The van der Waals surface area contributed by atoms with E-state index in [1.54, 1.807) is 18.2 Å². The van der Waals surface area contributed by atoms with Gasteiger partial charge in [-0.05, 0) is 80.3 Å². The van der Waals surface area contributed by atoms with E-state index in [2.05, 4.69) is 11.4 Å². The van der Waals surface area contributed by atoms with Crippen LogP contribution < -0.4 is 9.62 Å². The predicted octanol–water partition coefficient (Wildman–Crippen LogP) is 5.48. The third-order valence-corrected chi connectivity index (χ3v) is 7.61. The number of sulfonamides is 1. The highest BCUT2D eigenvalue weighted by molar-refractivity contribution is 7.92. The Bertz CT molecular complexity index is 1280. The average Bonchev–Trinajstić information content (AvgIpc) is 2.77. The fraction of sp³-hybridized carbons (Fsp3) is 0.240. The lowest BCUT2D eigenvalue weighted by Gasteiger charge is -2.26. The number of hydrogen-bond donors (Lipinski definition) is 1. The van der Waals surface area contributed by atoms with E-state index in [4.69, 9.17) is 11.6 Å². The van der Waals surface area contributed by atoms with E-state index in [9.17, 15) is 17.6 Å². The van der Waals surface area contributed by atoms with E-state index in [0.29, 0.717) is 0 Å². The van der Waals surface area contributed by atoms with E-state index >= 15 is 0 Å². The lowest BCUT2D eigenvalue weighted by molar-refractivity contribution is -0.120. The first kappa shape index (κ1) is 24.7. The Labute approximate surface area is 199 Å². The molecule has 33 heavy (non-hydrogen) atoms. The second-order valence-corrected chi connectivity index (χ2v) is 10.3. The minimum Gasteiger partial charge on any atom is -0.348 e. The number of rotatable bonds is 7. The Morgan fingerprint density at radius 1 is 1.00 bits per heavy atom. The SMILES string of the molecule is Cc1cc(C)c([C@@H](C)NC(=O)CN(c2ccc(F)c(Cl)c2)S(=O)(=O)c2ccccc2)cc1C. The van der Waals surface area contributed by atoms with E-state index in [0.717, 1.165) is 32.6 Å². The van der Waals surface area contributed by atoms with Gasteiger partial charge in [0.25, 0.3) is 10.0 Å². The number of anilines is 1. The van der Waals surface area contributed by atoms with Gasteiger partial charge >= 0.3 is 0 Å². The first-order valence-electron chi connectivity index (χ1n) is 10.4. The normalized spacial score (nSPS) is 12.3. The van der Waals surface area contributed by atoms with Crippen LogP contribution in [0.15, 0.2) is 65.6 Å². The minimum absolute atomic E-state index is 0.0105. The van der Waals surface area contributed by atoms with Gasteiger partial charge in [0.15, 0.2) is 0 Å². The number of benzene rings is 3. The Morgan fingerprint density at radius 2 is 1.64 bits per heavy atom. The summed E-state index contributed by atoms with van der Waals surface area (Å²) in [7, 11) is -4.11. The summed E-state index contributed by atoms with van der Waals surface area (Å²) in [4.78, 5) is 13.0. The minimum atomic E-state index is -4.11. The topological polar surface area (TPSA) is 66.5 Å². The van der Waals surface area contributed by atoms with Crippen molar-refractivity contribution < 1.29 is 17.6 Å². The summed E-state index contributed by atoms with van der Waals surface area (Å²) in [5, 5.41) is 2.65. The standard InChI is InChI=1S/C25H26ClFN2O3S/c1-16-12-18(3)22(13-17(16)2)19(4)28-25(30)15-29(20-10-11-24(27)23(26)14-20)33(31,32)21-8-6-5-7-9-21/h5-14,19H,15H2,1-4H3,(H,28,30)/t19-/m1/s1. The third-order valence-electron chi connectivity index (χ3n) is 5.54. The van der Waals surface area contributed by atoms with E-state index in [-0.39, 0.29) is 21.6 Å². The van der Waals surface area contributed by atoms with Gasteiger partial charge in [-0.2, -0.15) is 0 Å². The molecule has 1 amide bonds. The van der Waals surface area contributed by atoms with Crippen LogP contribution in [-0.2, 0) is 14.8 Å². The number of hydrogen-bond acceptors (Lipinski definition) is 3. The zero-order valence-corrected chi connectivity index (χ0v) is 20.5. The summed E-state index contributed by atoms with van der Waals surface area (Å²) >= 11 is 5.90. The Morgan fingerprint density at radius 3 is 2.27 bits per heavy atom. The zero-order valence-electron chi connectivity index (χ0n) is 18.9. The van der Waals surface area contributed by atoms with Crippen LogP contribution in [0.2, 0.25) is 5.02 Å². The lowest BCUT2D eigenvalue weighted by atomic mass is 9.96. The molecular formula is C25H26ClFN2O3S. The number of nitrogens with zero attached hydrogens (tertiary/aromatic N) is 1. The lowest BCUT2D eigenvalue weighted by Crippen LogP contribution is -2.41. The molecular weight excluding hydrogens is 463 g/mol. The van der Waals surface area contributed by atoms with Crippen molar-refractivity contribution in [2.24, 2.45) is 0 Å². The molecule has 1 atom stereocenters. The fourth-order valence-corrected chi connectivity index (χ4v) is 5.23. The largest absolute Gasteiger partial charge is 0.348 e. The summed E-state index contributed by atoms with van der Waals surface area (Å²) in [5.74, 6) is -1.18. The van der Waals surface area contributed by atoms with Gasteiger partial charge in [0.2, 0.25) is 5.91 Å². The summed E-state index contributed by atoms with van der Waals surface area (Å²) in [6.45, 7) is 7.35. The monoisotopic (exact) mass is 488 g/mol. The van der Waals surface area contributed by atoms with Gasteiger partial charge in [0.05, 0.1) is 21.6 Å². The van der Waals surface area contributed by atoms with Crippen molar-refractivity contribution in [1.29, 1.82) is 0 Å². The molecule has 0 heterocycles. The summed E-state index contributed by atoms with van der Waals surface area (Å²) < 4.78 is 41.4. The predicted molar refractivity (Wildman–Crippen MR) is 130 cm³/mol. The maximum Gasteiger partial charge on any atom is 0.264 e. The van der Waals surface area contributed by atoms with Crippen molar-refractivity contribution >= 4 is 33.2 Å². The Kier molecular flexibility index (Phi) is 7.44. The molecule has 3 aromatic carbocycles. The number of aryl methyl sites for hydroxylation is 3. The first-order valence-corrected chi connectivity index (χ1v) is 12.2. The maximum atomic E-state index is 13.7. The highest BCUT2D eigenvalue weighted by atomic mass is 35.5. The van der Waals surface area contributed by atoms with Gasteiger partial charge in [-0.25, -0.2) is 12.8 Å². The molecule has 8 heteroatoms. The molecule has 3 aromatic rings. The van der Waals surface area contributed by atoms with Crippen LogP contribution in [0.5, 0.6) is 0 Å². The van der Waals surface area contributed by atoms with E-state index < -0.39 is 28.3 Å². The fourth-order valence-electron chi connectivity index (χ4n) is 3.62. The summed E-state index contributed by atoms with van der Waals surface area (Å²) in [5.41, 5.74) is 4.34.